The lowest BCUT2D eigenvalue weighted by Crippen LogP contribution is -2.13. The van der Waals surface area contributed by atoms with E-state index < -0.39 is 0 Å². The molecule has 0 radical (unpaired) electrons. The van der Waals surface area contributed by atoms with Crippen LogP contribution in [0.1, 0.15) is 31.6 Å². The maximum atomic E-state index is 5.85. The van der Waals surface area contributed by atoms with Crippen LogP contribution >= 0.6 is 11.3 Å². The van der Waals surface area contributed by atoms with Crippen molar-refractivity contribution in [2.75, 3.05) is 12.0 Å². The first-order valence-electron chi connectivity index (χ1n) is 6.51. The second-order valence-corrected chi connectivity index (χ2v) is 6.01. The molecule has 0 aliphatic rings. The summed E-state index contributed by atoms with van der Waals surface area (Å²) in [7, 11) is 0. The number of fused-ring (bicyclic) bond motifs is 1. The molecular formula is C13H20N4OS. The lowest BCUT2D eigenvalue weighted by atomic mass is 10.1. The molecule has 1 unspecified atom stereocenters. The Labute approximate surface area is 117 Å². The molecule has 0 saturated heterocycles. The van der Waals surface area contributed by atoms with E-state index >= 15 is 0 Å². The van der Waals surface area contributed by atoms with Crippen LogP contribution in [0.15, 0.2) is 6.07 Å². The standard InChI is InChI=1S/C13H20N4OS/c1-4-5-8(2)7-18-11-10-6-9(3)19-12(10)16-13(15-11)17-14/h6,8H,4-5,7,14H2,1-3H3,(H,15,16,17). The van der Waals surface area contributed by atoms with Crippen molar-refractivity contribution in [3.05, 3.63) is 10.9 Å². The van der Waals surface area contributed by atoms with Gasteiger partial charge in [0.2, 0.25) is 11.8 Å². The van der Waals surface area contributed by atoms with Crippen LogP contribution in [0.2, 0.25) is 0 Å². The van der Waals surface area contributed by atoms with Crippen LogP contribution in [-0.4, -0.2) is 16.6 Å². The zero-order valence-electron chi connectivity index (χ0n) is 11.6. The first kappa shape index (κ1) is 14.0. The van der Waals surface area contributed by atoms with Gasteiger partial charge >= 0.3 is 0 Å². The van der Waals surface area contributed by atoms with E-state index in [-0.39, 0.29) is 0 Å². The van der Waals surface area contributed by atoms with Gasteiger partial charge in [-0.3, -0.25) is 5.43 Å². The van der Waals surface area contributed by atoms with Crippen LogP contribution in [0, 0.1) is 12.8 Å². The molecule has 0 aliphatic carbocycles. The molecule has 0 aliphatic heterocycles. The molecule has 0 bridgehead atoms. The number of aromatic nitrogens is 2. The highest BCUT2D eigenvalue weighted by molar-refractivity contribution is 7.18. The third kappa shape index (κ3) is 3.33. The summed E-state index contributed by atoms with van der Waals surface area (Å²) in [5.41, 5.74) is 2.49. The second-order valence-electron chi connectivity index (χ2n) is 4.78. The smallest absolute Gasteiger partial charge is 0.241 e. The van der Waals surface area contributed by atoms with E-state index in [1.54, 1.807) is 11.3 Å². The van der Waals surface area contributed by atoms with Crippen LogP contribution in [0.5, 0.6) is 5.88 Å². The normalized spacial score (nSPS) is 12.6. The average Bonchev–Trinajstić information content (AvgIpc) is 2.76. The highest BCUT2D eigenvalue weighted by Gasteiger charge is 2.12. The van der Waals surface area contributed by atoms with Crippen LogP contribution in [-0.2, 0) is 0 Å². The number of hydrogen-bond acceptors (Lipinski definition) is 6. The molecule has 2 aromatic heterocycles. The zero-order valence-corrected chi connectivity index (χ0v) is 12.4. The molecule has 0 amide bonds. The summed E-state index contributed by atoms with van der Waals surface area (Å²) in [6, 6.07) is 2.06. The van der Waals surface area contributed by atoms with Gasteiger partial charge < -0.3 is 4.74 Å². The summed E-state index contributed by atoms with van der Waals surface area (Å²) in [6.07, 6.45) is 2.32. The number of nitrogens with zero attached hydrogens (tertiary/aromatic N) is 2. The molecule has 1 atom stereocenters. The lowest BCUT2D eigenvalue weighted by Gasteiger charge is -2.12. The van der Waals surface area contributed by atoms with Crippen molar-refractivity contribution < 1.29 is 4.74 Å². The maximum Gasteiger partial charge on any atom is 0.241 e. The third-order valence-electron chi connectivity index (χ3n) is 2.90. The number of nitrogens with one attached hydrogen (secondary N) is 1. The fraction of sp³-hybridized carbons (Fsp3) is 0.538. The Balaban J connectivity index is 2.24. The molecule has 6 heteroatoms. The molecule has 0 saturated carbocycles. The first-order valence-corrected chi connectivity index (χ1v) is 7.33. The van der Waals surface area contributed by atoms with Gasteiger partial charge in [0.15, 0.2) is 0 Å². The number of ether oxygens (including phenoxy) is 1. The molecule has 0 spiro atoms. The minimum Gasteiger partial charge on any atom is -0.477 e. The number of rotatable bonds is 6. The largest absolute Gasteiger partial charge is 0.477 e. The Morgan fingerprint density at radius 3 is 2.95 bits per heavy atom. The Morgan fingerprint density at radius 1 is 1.47 bits per heavy atom. The summed E-state index contributed by atoms with van der Waals surface area (Å²) in [5, 5.41) is 0.963. The summed E-state index contributed by atoms with van der Waals surface area (Å²) < 4.78 is 5.85. The van der Waals surface area contributed by atoms with Gasteiger partial charge in [0.05, 0.1) is 12.0 Å². The number of hydrogen-bond donors (Lipinski definition) is 2. The highest BCUT2D eigenvalue weighted by atomic mass is 32.1. The van der Waals surface area contributed by atoms with Crippen molar-refractivity contribution in [3.8, 4) is 5.88 Å². The number of hydrazine groups is 1. The van der Waals surface area contributed by atoms with Gasteiger partial charge in [-0.2, -0.15) is 4.98 Å². The molecule has 0 fully saturated rings. The highest BCUT2D eigenvalue weighted by Crippen LogP contribution is 2.31. The van der Waals surface area contributed by atoms with Crippen molar-refractivity contribution in [1.82, 2.24) is 9.97 Å². The Morgan fingerprint density at radius 2 is 2.26 bits per heavy atom. The SMILES string of the molecule is CCCC(C)COc1nc(NN)nc2sc(C)cc12. The molecular weight excluding hydrogens is 260 g/mol. The third-order valence-corrected chi connectivity index (χ3v) is 3.84. The van der Waals surface area contributed by atoms with Gasteiger partial charge in [-0.1, -0.05) is 20.3 Å². The Kier molecular flexibility index (Phi) is 4.55. The predicted octanol–water partition coefficient (Wildman–Crippen LogP) is 3.10. The molecule has 2 rings (SSSR count). The van der Waals surface area contributed by atoms with Crippen LogP contribution in [0.25, 0.3) is 10.2 Å². The van der Waals surface area contributed by atoms with Gasteiger partial charge in [0.25, 0.3) is 0 Å². The van der Waals surface area contributed by atoms with Crippen molar-refractivity contribution in [1.29, 1.82) is 0 Å². The molecule has 19 heavy (non-hydrogen) atoms. The maximum absolute atomic E-state index is 5.85. The van der Waals surface area contributed by atoms with Crippen molar-refractivity contribution in [3.63, 3.8) is 0 Å². The van der Waals surface area contributed by atoms with E-state index in [2.05, 4.69) is 35.3 Å². The molecule has 2 heterocycles. The zero-order chi connectivity index (χ0) is 13.8. The number of nitrogens with two attached hydrogens (primary N) is 1. The predicted molar refractivity (Wildman–Crippen MR) is 79.5 cm³/mol. The monoisotopic (exact) mass is 280 g/mol. The minimum absolute atomic E-state index is 0.396. The van der Waals surface area contributed by atoms with Crippen LogP contribution in [0.3, 0.4) is 0 Å². The first-order chi connectivity index (χ1) is 9.13. The Hall–Kier alpha value is -1.40. The summed E-state index contributed by atoms with van der Waals surface area (Å²) >= 11 is 1.61. The number of thiophene rings is 1. The quantitative estimate of drug-likeness (QED) is 0.628. The summed E-state index contributed by atoms with van der Waals surface area (Å²) in [4.78, 5) is 10.7. The fourth-order valence-electron chi connectivity index (χ4n) is 1.99. The van der Waals surface area contributed by atoms with Crippen molar-refractivity contribution in [2.45, 2.75) is 33.6 Å². The van der Waals surface area contributed by atoms with Crippen LogP contribution in [0.4, 0.5) is 5.95 Å². The van der Waals surface area contributed by atoms with E-state index in [4.69, 9.17) is 10.6 Å². The van der Waals surface area contributed by atoms with Gasteiger partial charge in [-0.05, 0) is 25.3 Å². The van der Waals surface area contributed by atoms with Crippen molar-refractivity contribution in [2.24, 2.45) is 11.8 Å². The average molecular weight is 280 g/mol. The summed E-state index contributed by atoms with van der Waals surface area (Å²) in [5.74, 6) is 6.92. The molecule has 3 N–H and O–H groups in total. The van der Waals surface area contributed by atoms with Gasteiger partial charge in [-0.15, -0.1) is 11.3 Å². The van der Waals surface area contributed by atoms with E-state index in [9.17, 15) is 0 Å². The molecule has 5 nitrogen and oxygen atoms in total. The van der Waals surface area contributed by atoms with E-state index in [0.29, 0.717) is 24.4 Å². The second kappa shape index (κ2) is 6.16. The summed E-state index contributed by atoms with van der Waals surface area (Å²) in [6.45, 7) is 7.07. The van der Waals surface area contributed by atoms with Crippen LogP contribution < -0.4 is 16.0 Å². The van der Waals surface area contributed by atoms with Gasteiger partial charge in [0.1, 0.15) is 4.83 Å². The number of aryl methyl sites for hydroxylation is 1. The molecule has 0 aromatic carbocycles. The van der Waals surface area contributed by atoms with Gasteiger partial charge in [-0.25, -0.2) is 10.8 Å². The van der Waals surface area contributed by atoms with Crippen molar-refractivity contribution >= 4 is 27.5 Å². The lowest BCUT2D eigenvalue weighted by molar-refractivity contribution is 0.246. The van der Waals surface area contributed by atoms with Gasteiger partial charge in [0, 0.05) is 4.88 Å². The topological polar surface area (TPSA) is 73.1 Å². The molecule has 104 valence electrons. The van der Waals surface area contributed by atoms with E-state index in [1.165, 1.54) is 4.88 Å². The molecule has 2 aromatic rings. The fourth-order valence-corrected chi connectivity index (χ4v) is 2.86. The number of nitrogen functional groups attached to an aromatic ring is 1. The number of anilines is 1. The minimum atomic E-state index is 0.396. The van der Waals surface area contributed by atoms with E-state index in [1.807, 2.05) is 6.92 Å². The Bertz CT molecular complexity index is 555. The van der Waals surface area contributed by atoms with E-state index in [0.717, 1.165) is 23.1 Å².